The molecule has 22 heavy (non-hydrogen) atoms. The third-order valence-corrected chi connectivity index (χ3v) is 5.71. The van der Waals surface area contributed by atoms with Gasteiger partial charge in [0, 0.05) is 16.3 Å². The third kappa shape index (κ3) is 5.10. The lowest BCUT2D eigenvalue weighted by molar-refractivity contribution is -0.121. The lowest BCUT2D eigenvalue weighted by atomic mass is 10.1. The quantitative estimate of drug-likeness (QED) is 0.830. The molecule has 1 aromatic heterocycles. The lowest BCUT2D eigenvalue weighted by Crippen LogP contribution is -2.22. The molecule has 3 N–H and O–H groups in total. The van der Waals surface area contributed by atoms with E-state index in [-0.39, 0.29) is 10.1 Å². The Balaban J connectivity index is 1.80. The normalized spacial score (nSPS) is 11.4. The molecular formula is C14H15ClN2O3S2. The maximum absolute atomic E-state index is 11.8. The third-order valence-electron chi connectivity index (χ3n) is 2.93. The van der Waals surface area contributed by atoms with E-state index in [9.17, 15) is 13.2 Å². The number of sulfonamides is 1. The van der Waals surface area contributed by atoms with Crippen LogP contribution in [0.5, 0.6) is 0 Å². The number of aryl methyl sites for hydroxylation is 1. The van der Waals surface area contributed by atoms with Gasteiger partial charge < -0.3 is 5.32 Å². The second-order valence-corrected chi connectivity index (χ2v) is 8.06. The molecule has 0 atom stereocenters. The van der Waals surface area contributed by atoms with E-state index in [1.165, 1.54) is 6.07 Å². The molecule has 2 aromatic rings. The fourth-order valence-electron chi connectivity index (χ4n) is 1.79. The number of primary sulfonamides is 1. The van der Waals surface area contributed by atoms with E-state index in [0.29, 0.717) is 24.4 Å². The van der Waals surface area contributed by atoms with Crippen molar-refractivity contribution in [1.29, 1.82) is 0 Å². The summed E-state index contributed by atoms with van der Waals surface area (Å²) in [6.45, 7) is 0.291. The van der Waals surface area contributed by atoms with Gasteiger partial charge in [0.05, 0.1) is 6.54 Å². The minimum atomic E-state index is -3.68. The summed E-state index contributed by atoms with van der Waals surface area (Å²) in [4.78, 5) is 12.5. The molecule has 0 radical (unpaired) electrons. The molecule has 5 nitrogen and oxygen atoms in total. The van der Waals surface area contributed by atoms with E-state index in [2.05, 4.69) is 5.32 Å². The van der Waals surface area contributed by atoms with Crippen LogP contribution in [0.15, 0.2) is 40.6 Å². The second kappa shape index (κ2) is 7.23. The van der Waals surface area contributed by atoms with Crippen LogP contribution in [0.4, 0.5) is 0 Å². The largest absolute Gasteiger partial charge is 0.351 e. The van der Waals surface area contributed by atoms with Crippen molar-refractivity contribution in [2.75, 3.05) is 0 Å². The first kappa shape index (κ1) is 17.0. The van der Waals surface area contributed by atoms with E-state index in [4.69, 9.17) is 16.7 Å². The van der Waals surface area contributed by atoms with E-state index in [0.717, 1.165) is 21.8 Å². The first-order chi connectivity index (χ1) is 10.3. The molecule has 2 rings (SSSR count). The molecule has 0 aliphatic carbocycles. The highest BCUT2D eigenvalue weighted by Crippen LogP contribution is 2.20. The fraction of sp³-hybridized carbons (Fsp3) is 0.214. The number of nitrogens with two attached hydrogens (primary N) is 1. The Morgan fingerprint density at radius 3 is 2.45 bits per heavy atom. The Morgan fingerprint density at radius 2 is 1.86 bits per heavy atom. The number of benzene rings is 1. The summed E-state index contributed by atoms with van der Waals surface area (Å²) < 4.78 is 22.4. The smallest absolute Gasteiger partial charge is 0.247 e. The molecule has 118 valence electrons. The Labute approximate surface area is 138 Å². The van der Waals surface area contributed by atoms with Gasteiger partial charge in [-0.25, -0.2) is 13.6 Å². The van der Waals surface area contributed by atoms with Crippen LogP contribution in [0.2, 0.25) is 5.02 Å². The molecule has 0 aliphatic rings. The van der Waals surface area contributed by atoms with Crippen LogP contribution in [0.3, 0.4) is 0 Å². The van der Waals surface area contributed by atoms with Crippen LogP contribution in [0.1, 0.15) is 16.9 Å². The van der Waals surface area contributed by atoms with Crippen LogP contribution in [0, 0.1) is 0 Å². The van der Waals surface area contributed by atoms with Gasteiger partial charge in [0.15, 0.2) is 0 Å². The maximum atomic E-state index is 11.8. The van der Waals surface area contributed by atoms with Crippen LogP contribution < -0.4 is 10.5 Å². The molecule has 1 heterocycles. The van der Waals surface area contributed by atoms with Gasteiger partial charge in [-0.05, 0) is 36.2 Å². The van der Waals surface area contributed by atoms with Crippen molar-refractivity contribution in [3.63, 3.8) is 0 Å². The Morgan fingerprint density at radius 1 is 1.18 bits per heavy atom. The van der Waals surface area contributed by atoms with Gasteiger partial charge >= 0.3 is 0 Å². The van der Waals surface area contributed by atoms with Crippen LogP contribution in [-0.4, -0.2) is 14.3 Å². The summed E-state index contributed by atoms with van der Waals surface area (Å²) >= 11 is 6.85. The van der Waals surface area contributed by atoms with Crippen LogP contribution in [0.25, 0.3) is 0 Å². The molecule has 0 spiro atoms. The number of nitrogens with one attached hydrogen (secondary N) is 1. The summed E-state index contributed by atoms with van der Waals surface area (Å²) in [5, 5.41) is 8.45. The van der Waals surface area contributed by atoms with Crippen molar-refractivity contribution < 1.29 is 13.2 Å². The first-order valence-electron chi connectivity index (χ1n) is 6.47. The predicted molar refractivity (Wildman–Crippen MR) is 87.3 cm³/mol. The second-order valence-electron chi connectivity index (χ2n) is 4.67. The number of hydrogen-bond donors (Lipinski definition) is 2. The summed E-state index contributed by atoms with van der Waals surface area (Å²) in [5.74, 6) is -0.0968. The number of thiophene rings is 1. The van der Waals surface area contributed by atoms with Gasteiger partial charge in [-0.1, -0.05) is 23.7 Å². The van der Waals surface area contributed by atoms with Crippen molar-refractivity contribution in [2.24, 2.45) is 5.14 Å². The monoisotopic (exact) mass is 358 g/mol. The standard InChI is InChI=1S/C14H15ClN2O3S2/c15-11-4-1-10(2-5-11)3-7-13(18)17-9-12-6-8-14(21-12)22(16,19)20/h1-2,4-6,8H,3,7,9H2,(H,17,18)(H2,16,19,20). The summed E-state index contributed by atoms with van der Waals surface area (Å²) in [5.41, 5.74) is 1.03. The summed E-state index contributed by atoms with van der Waals surface area (Å²) in [6, 6.07) is 10.4. The predicted octanol–water partition coefficient (Wildman–Crippen LogP) is 2.30. The van der Waals surface area contributed by atoms with E-state index >= 15 is 0 Å². The van der Waals surface area contributed by atoms with Crippen LogP contribution >= 0.6 is 22.9 Å². The average molecular weight is 359 g/mol. The molecule has 1 amide bonds. The zero-order chi connectivity index (χ0) is 16.2. The van der Waals surface area contributed by atoms with Crippen molar-refractivity contribution in [3.05, 3.63) is 51.9 Å². The number of rotatable bonds is 6. The lowest BCUT2D eigenvalue weighted by Gasteiger charge is -2.04. The zero-order valence-electron chi connectivity index (χ0n) is 11.6. The molecule has 0 aliphatic heterocycles. The Kier molecular flexibility index (Phi) is 5.57. The topological polar surface area (TPSA) is 89.3 Å². The Bertz CT molecular complexity index is 755. The molecule has 0 unspecified atom stereocenters. The van der Waals surface area contributed by atoms with Gasteiger partial charge in [-0.2, -0.15) is 0 Å². The van der Waals surface area contributed by atoms with E-state index in [1.54, 1.807) is 18.2 Å². The Hall–Kier alpha value is -1.41. The SMILES string of the molecule is NS(=O)(=O)c1ccc(CNC(=O)CCc2ccc(Cl)cc2)s1. The number of carbonyl (C=O) groups excluding carboxylic acids is 1. The van der Waals surface area contributed by atoms with Crippen LogP contribution in [-0.2, 0) is 27.8 Å². The fourth-order valence-corrected chi connectivity index (χ4v) is 3.63. The number of hydrogen-bond acceptors (Lipinski definition) is 4. The highest BCUT2D eigenvalue weighted by atomic mass is 35.5. The van der Waals surface area contributed by atoms with Gasteiger partial charge in [-0.3, -0.25) is 4.79 Å². The van der Waals surface area contributed by atoms with Gasteiger partial charge in [0.2, 0.25) is 15.9 Å². The van der Waals surface area contributed by atoms with Gasteiger partial charge in [0.25, 0.3) is 0 Å². The van der Waals surface area contributed by atoms with Crippen molar-refractivity contribution >= 4 is 38.9 Å². The number of carbonyl (C=O) groups is 1. The molecule has 8 heteroatoms. The van der Waals surface area contributed by atoms with Gasteiger partial charge in [0.1, 0.15) is 4.21 Å². The highest BCUT2D eigenvalue weighted by molar-refractivity contribution is 7.91. The molecule has 0 saturated carbocycles. The summed E-state index contributed by atoms with van der Waals surface area (Å²) in [6.07, 6.45) is 0.977. The molecular weight excluding hydrogens is 344 g/mol. The first-order valence-corrected chi connectivity index (χ1v) is 9.21. The molecule has 1 aromatic carbocycles. The average Bonchev–Trinajstić information content (AvgIpc) is 2.93. The maximum Gasteiger partial charge on any atom is 0.247 e. The molecule has 0 saturated heterocycles. The van der Waals surface area contributed by atoms with E-state index < -0.39 is 10.0 Å². The highest BCUT2D eigenvalue weighted by Gasteiger charge is 2.11. The van der Waals surface area contributed by atoms with Crippen molar-refractivity contribution in [3.8, 4) is 0 Å². The minimum absolute atomic E-state index is 0.0953. The van der Waals surface area contributed by atoms with Gasteiger partial charge in [-0.15, -0.1) is 11.3 Å². The molecule has 0 bridgehead atoms. The van der Waals surface area contributed by atoms with Crippen molar-refractivity contribution in [2.45, 2.75) is 23.6 Å². The molecule has 0 fully saturated rings. The minimum Gasteiger partial charge on any atom is -0.351 e. The van der Waals surface area contributed by atoms with Crippen molar-refractivity contribution in [1.82, 2.24) is 5.32 Å². The summed E-state index contributed by atoms with van der Waals surface area (Å²) in [7, 11) is -3.68. The van der Waals surface area contributed by atoms with E-state index in [1.807, 2.05) is 12.1 Å². The number of amides is 1. The zero-order valence-corrected chi connectivity index (χ0v) is 14.0. The number of halogens is 1.